The van der Waals surface area contributed by atoms with Crippen molar-refractivity contribution in [1.29, 1.82) is 0 Å². The second-order valence-corrected chi connectivity index (χ2v) is 11.5. The number of nitrogens with two attached hydrogens (primary N) is 1. The van der Waals surface area contributed by atoms with Gasteiger partial charge >= 0.3 is 23.5 Å². The number of aliphatic hydroxyl groups is 1. The fraction of sp³-hybridized carbons (Fsp3) is 0.545. The van der Waals surface area contributed by atoms with Crippen LogP contribution in [0.3, 0.4) is 0 Å². The van der Waals surface area contributed by atoms with Gasteiger partial charge in [0.1, 0.15) is 24.6 Å². The minimum atomic E-state index is -5.82. The number of phosphoric ester groups is 1. The van der Waals surface area contributed by atoms with Gasteiger partial charge in [-0.3, -0.25) is 18.9 Å². The number of rotatable bonds is 9. The molecule has 0 amide bonds. The molecule has 3 heterocycles. The second-order valence-electron chi connectivity index (χ2n) is 6.81. The first-order valence-corrected chi connectivity index (χ1v) is 13.6. The number of aromatic nitrogens is 4. The molecule has 0 radical (unpaired) electrons. The van der Waals surface area contributed by atoms with Gasteiger partial charge in [-0.15, -0.1) is 11.6 Å². The van der Waals surface area contributed by atoms with E-state index in [0.717, 1.165) is 6.33 Å². The first-order valence-electron chi connectivity index (χ1n) is 8.52. The zero-order chi connectivity index (χ0) is 25.7. The summed E-state index contributed by atoms with van der Waals surface area (Å²) in [6.07, 6.45) is -1.48. The van der Waals surface area contributed by atoms with Gasteiger partial charge < -0.3 is 35.2 Å². The average molecular weight is 574 g/mol. The van der Waals surface area contributed by atoms with Gasteiger partial charge in [-0.2, -0.15) is 13.6 Å². The topological polar surface area (TPSA) is 279 Å². The van der Waals surface area contributed by atoms with Crippen LogP contribution in [-0.4, -0.2) is 75.0 Å². The molecular weight excluding hydrogens is 558 g/mol. The summed E-state index contributed by atoms with van der Waals surface area (Å²) in [5, 5.41) is 10.7. The maximum Gasteiger partial charge on any atom is 0.490 e. The third-order valence-corrected chi connectivity index (χ3v) is 8.65. The zero-order valence-corrected chi connectivity index (χ0v) is 19.7. The molecule has 8 N–H and O–H groups in total. The van der Waals surface area contributed by atoms with Crippen LogP contribution in [0.1, 0.15) is 0 Å². The van der Waals surface area contributed by atoms with Crippen molar-refractivity contribution in [3.63, 3.8) is 0 Å². The number of anilines is 1. The SMILES string of the molecule is Nc1nc2c(ncn2C2(F)CO[C@](CCl)(COP(=O)(O)OP(=O)(O)OP(=O)(O)O)[C@H]2O)c(=O)[nH]1. The van der Waals surface area contributed by atoms with Crippen LogP contribution in [0.25, 0.3) is 11.2 Å². The van der Waals surface area contributed by atoms with E-state index in [2.05, 4.69) is 28.1 Å². The molecule has 1 saturated heterocycles. The Morgan fingerprint density at radius 3 is 2.53 bits per heavy atom. The summed E-state index contributed by atoms with van der Waals surface area (Å²) in [5.74, 6) is -4.10. The number of H-pyrrole nitrogens is 1. The molecule has 2 aromatic rings. The van der Waals surface area contributed by atoms with E-state index in [1.165, 1.54) is 0 Å². The summed E-state index contributed by atoms with van der Waals surface area (Å²) in [6.45, 7) is -2.21. The third kappa shape index (κ3) is 5.42. The lowest BCUT2D eigenvalue weighted by atomic mass is 9.95. The number of nitrogens with zero attached hydrogens (tertiary/aromatic N) is 3. The first-order chi connectivity index (χ1) is 15.4. The van der Waals surface area contributed by atoms with Gasteiger partial charge in [-0.25, -0.2) is 23.1 Å². The molecule has 3 rings (SSSR count). The van der Waals surface area contributed by atoms with Gasteiger partial charge in [0, 0.05) is 0 Å². The molecule has 5 atom stereocenters. The number of phosphoric acid groups is 3. The maximum atomic E-state index is 15.9. The zero-order valence-electron chi connectivity index (χ0n) is 16.3. The molecule has 1 aliphatic rings. The molecule has 18 nitrogen and oxygen atoms in total. The Hall–Kier alpha value is -1.30. The van der Waals surface area contributed by atoms with Crippen molar-refractivity contribution in [3.05, 3.63) is 16.7 Å². The molecule has 34 heavy (non-hydrogen) atoms. The highest BCUT2D eigenvalue weighted by atomic mass is 35.5. The second kappa shape index (κ2) is 8.97. The largest absolute Gasteiger partial charge is 0.490 e. The third-order valence-electron chi connectivity index (χ3n) is 4.42. The minimum Gasteiger partial charge on any atom is -0.384 e. The Morgan fingerprint density at radius 1 is 1.29 bits per heavy atom. The summed E-state index contributed by atoms with van der Waals surface area (Å²) in [4.78, 5) is 57.4. The van der Waals surface area contributed by atoms with Crippen LogP contribution >= 0.6 is 35.1 Å². The van der Waals surface area contributed by atoms with E-state index in [-0.39, 0.29) is 11.2 Å². The molecule has 1 aliphatic heterocycles. The van der Waals surface area contributed by atoms with Crippen molar-refractivity contribution in [2.24, 2.45) is 0 Å². The lowest BCUT2D eigenvalue weighted by Gasteiger charge is -2.32. The number of imidazole rings is 1. The van der Waals surface area contributed by atoms with E-state index >= 15 is 4.39 Å². The van der Waals surface area contributed by atoms with Crippen molar-refractivity contribution in [3.8, 4) is 0 Å². The van der Waals surface area contributed by atoms with Crippen LogP contribution in [-0.2, 0) is 37.4 Å². The van der Waals surface area contributed by atoms with Gasteiger partial charge in [0.25, 0.3) is 5.56 Å². The Bertz CT molecular complexity index is 1300. The summed E-state index contributed by atoms with van der Waals surface area (Å²) >= 11 is 5.77. The number of nitrogens with one attached hydrogen (secondary N) is 1. The van der Waals surface area contributed by atoms with Crippen LogP contribution in [0.2, 0.25) is 0 Å². The highest BCUT2D eigenvalue weighted by Gasteiger charge is 2.61. The molecule has 192 valence electrons. The molecule has 0 bridgehead atoms. The number of alkyl halides is 2. The smallest absolute Gasteiger partial charge is 0.384 e. The number of aromatic amines is 1. The fourth-order valence-electron chi connectivity index (χ4n) is 2.97. The first kappa shape index (κ1) is 27.3. The standard InChI is InChI=1S/C11H16ClFN5O13P3/c12-1-10(2-29-33(24,25)31-34(26,27)30-32(21,22)23)8(20)11(13,3-28-10)18-4-15-5-6(18)16-9(14)17-7(5)19/h4,8,20H,1-3H2,(H,24,25)(H,26,27)(H2,21,22,23)(H3,14,16,17,19)/t8-,10-,11?/m1/s1. The van der Waals surface area contributed by atoms with Gasteiger partial charge in [0.05, 0.1) is 12.5 Å². The van der Waals surface area contributed by atoms with Crippen molar-refractivity contribution in [2.75, 3.05) is 24.8 Å². The predicted molar refractivity (Wildman–Crippen MR) is 107 cm³/mol. The van der Waals surface area contributed by atoms with Gasteiger partial charge in [-0.05, 0) is 0 Å². The Labute approximate surface area is 191 Å². The highest BCUT2D eigenvalue weighted by molar-refractivity contribution is 7.66. The van der Waals surface area contributed by atoms with Crippen LogP contribution in [0.15, 0.2) is 11.1 Å². The lowest BCUT2D eigenvalue weighted by Crippen LogP contribution is -2.52. The number of hydrogen-bond acceptors (Lipinski definition) is 12. The normalized spacial score (nSPS) is 29.2. The summed E-state index contributed by atoms with van der Waals surface area (Å²) in [5.41, 5.74) is 1.63. The fourth-order valence-corrected chi connectivity index (χ4v) is 6.35. The minimum absolute atomic E-state index is 0.338. The van der Waals surface area contributed by atoms with Gasteiger partial charge in [0.15, 0.2) is 11.2 Å². The number of fused-ring (bicyclic) bond motifs is 1. The van der Waals surface area contributed by atoms with Crippen LogP contribution < -0.4 is 11.3 Å². The van der Waals surface area contributed by atoms with Crippen molar-refractivity contribution in [2.45, 2.75) is 17.5 Å². The number of ether oxygens (including phenoxy) is 1. The number of halogens is 2. The molecule has 0 spiro atoms. The average Bonchev–Trinajstić information content (AvgIpc) is 3.19. The van der Waals surface area contributed by atoms with Gasteiger partial charge in [0.2, 0.25) is 11.7 Å². The molecule has 0 saturated carbocycles. The van der Waals surface area contributed by atoms with Crippen LogP contribution in [0, 0.1) is 0 Å². The monoisotopic (exact) mass is 573 g/mol. The predicted octanol–water partition coefficient (Wildman–Crippen LogP) is -0.964. The molecule has 2 aromatic heterocycles. The quantitative estimate of drug-likeness (QED) is 0.140. The Morgan fingerprint density at radius 2 is 1.94 bits per heavy atom. The van der Waals surface area contributed by atoms with E-state index < -0.39 is 71.6 Å². The van der Waals surface area contributed by atoms with E-state index in [9.17, 15) is 33.4 Å². The van der Waals surface area contributed by atoms with Crippen LogP contribution in [0.4, 0.5) is 10.3 Å². The molecular formula is C11H16ClFN5O13P3. The highest BCUT2D eigenvalue weighted by Crippen LogP contribution is 2.66. The Balaban J connectivity index is 1.85. The lowest BCUT2D eigenvalue weighted by molar-refractivity contribution is -0.0909. The van der Waals surface area contributed by atoms with Crippen molar-refractivity contribution < 1.29 is 60.6 Å². The van der Waals surface area contributed by atoms with E-state index in [1.54, 1.807) is 0 Å². The van der Waals surface area contributed by atoms with E-state index in [0.29, 0.717) is 4.57 Å². The molecule has 0 aromatic carbocycles. The number of nitrogen functional groups attached to an aromatic ring is 1. The number of hydrogen-bond donors (Lipinski definition) is 7. The molecule has 1 fully saturated rings. The van der Waals surface area contributed by atoms with E-state index in [4.69, 9.17) is 31.9 Å². The van der Waals surface area contributed by atoms with Crippen LogP contribution in [0.5, 0.6) is 0 Å². The Kier molecular flexibility index (Phi) is 7.20. The summed E-state index contributed by atoms with van der Waals surface area (Å²) < 4.78 is 67.4. The van der Waals surface area contributed by atoms with E-state index in [1.807, 2.05) is 0 Å². The molecule has 23 heteroatoms. The van der Waals surface area contributed by atoms with Crippen molar-refractivity contribution >= 4 is 52.2 Å². The maximum absolute atomic E-state index is 15.9. The molecule has 0 aliphatic carbocycles. The summed E-state index contributed by atoms with van der Waals surface area (Å²) in [7, 11) is -17.1. The number of aliphatic hydroxyl groups excluding tert-OH is 1. The van der Waals surface area contributed by atoms with Gasteiger partial charge in [-0.1, -0.05) is 0 Å². The van der Waals surface area contributed by atoms with Crippen molar-refractivity contribution in [1.82, 2.24) is 19.5 Å². The molecule has 3 unspecified atom stereocenters. The summed E-state index contributed by atoms with van der Waals surface area (Å²) in [6, 6.07) is 0.